The first-order valence-electron chi connectivity index (χ1n) is 7.01. The Morgan fingerprint density at radius 2 is 1.75 bits per heavy atom. The van der Waals surface area contributed by atoms with E-state index in [9.17, 15) is 0 Å². The Morgan fingerprint density at radius 3 is 2.44 bits per heavy atom. The molecule has 0 aliphatic carbocycles. The van der Waals surface area contributed by atoms with Gasteiger partial charge in [-0.05, 0) is 38.8 Å². The van der Waals surface area contributed by atoms with E-state index in [0.29, 0.717) is 0 Å². The number of piperidine rings is 1. The van der Waals surface area contributed by atoms with Crippen LogP contribution in [0.15, 0.2) is 0 Å². The fraction of sp³-hybridized carbons (Fsp3) is 1.00. The minimum Gasteiger partial charge on any atom is -0.306 e. The molecule has 0 saturated carbocycles. The molecule has 1 rings (SSSR count). The summed E-state index contributed by atoms with van der Waals surface area (Å²) in [6, 6.07) is 0. The van der Waals surface area contributed by atoms with E-state index in [4.69, 9.17) is 0 Å². The number of hydrogen-bond acceptors (Lipinski definition) is 1. The van der Waals surface area contributed by atoms with E-state index in [-0.39, 0.29) is 17.0 Å². The first kappa shape index (κ1) is 16.4. The summed E-state index contributed by atoms with van der Waals surface area (Å²) in [5.74, 6) is 1.01. The number of unbranched alkanes of at least 4 members (excludes halogenated alkanes) is 5. The number of likely N-dealkylation sites (tertiary alicyclic amines) is 1. The first-order chi connectivity index (χ1) is 7.33. The van der Waals surface area contributed by atoms with Crippen LogP contribution in [0.4, 0.5) is 0 Å². The summed E-state index contributed by atoms with van der Waals surface area (Å²) in [6.07, 6.45) is 13.1. The third kappa shape index (κ3) is 7.67. The molecule has 1 atom stereocenters. The van der Waals surface area contributed by atoms with Crippen LogP contribution < -0.4 is 0 Å². The molecule has 0 bridgehead atoms. The van der Waals surface area contributed by atoms with E-state index in [1.807, 2.05) is 0 Å². The lowest BCUT2D eigenvalue weighted by atomic mass is 9.92. The van der Waals surface area contributed by atoms with Crippen molar-refractivity contribution in [2.45, 2.75) is 64.7 Å². The third-order valence-corrected chi connectivity index (χ3v) is 3.69. The van der Waals surface area contributed by atoms with Crippen molar-refractivity contribution >= 4 is 17.0 Å². The predicted octanol–water partition coefficient (Wildman–Crippen LogP) is 4.66. The Balaban J connectivity index is 0.00000225. The number of hydrogen-bond donors (Lipinski definition) is 0. The minimum atomic E-state index is 0. The highest BCUT2D eigenvalue weighted by molar-refractivity contribution is 8.93. The second-order valence-electron chi connectivity index (χ2n) is 5.33. The van der Waals surface area contributed by atoms with Gasteiger partial charge in [0.2, 0.25) is 0 Å². The lowest BCUT2D eigenvalue weighted by molar-refractivity contribution is 0.199. The van der Waals surface area contributed by atoms with E-state index in [0.717, 1.165) is 5.92 Å². The van der Waals surface area contributed by atoms with Crippen molar-refractivity contribution in [3.8, 4) is 0 Å². The fourth-order valence-corrected chi connectivity index (χ4v) is 2.72. The number of nitrogens with zero attached hydrogens (tertiary/aromatic N) is 1. The Labute approximate surface area is 113 Å². The zero-order valence-electron chi connectivity index (χ0n) is 11.2. The van der Waals surface area contributed by atoms with Gasteiger partial charge in [-0.2, -0.15) is 0 Å². The summed E-state index contributed by atoms with van der Waals surface area (Å²) in [4.78, 5) is 2.51. The Bertz CT molecular complexity index is 150. The second-order valence-corrected chi connectivity index (χ2v) is 5.33. The van der Waals surface area contributed by atoms with Crippen molar-refractivity contribution < 1.29 is 0 Å². The Kier molecular flexibility index (Phi) is 10.9. The summed E-state index contributed by atoms with van der Waals surface area (Å²) >= 11 is 0. The van der Waals surface area contributed by atoms with Crippen LogP contribution in [0, 0.1) is 5.92 Å². The molecular formula is C14H30BrN. The van der Waals surface area contributed by atoms with E-state index >= 15 is 0 Å². The van der Waals surface area contributed by atoms with E-state index < -0.39 is 0 Å². The van der Waals surface area contributed by atoms with Crippen LogP contribution in [-0.4, -0.2) is 25.0 Å². The lowest BCUT2D eigenvalue weighted by Gasteiger charge is -2.29. The van der Waals surface area contributed by atoms with Crippen LogP contribution in [-0.2, 0) is 0 Å². The van der Waals surface area contributed by atoms with Crippen molar-refractivity contribution in [1.29, 1.82) is 0 Å². The molecule has 1 nitrogen and oxygen atoms in total. The van der Waals surface area contributed by atoms with Crippen LogP contribution in [0.3, 0.4) is 0 Å². The maximum Gasteiger partial charge on any atom is 0.000661 e. The summed E-state index contributed by atoms with van der Waals surface area (Å²) in [5.41, 5.74) is 0. The van der Waals surface area contributed by atoms with Crippen LogP contribution >= 0.6 is 17.0 Å². The molecule has 0 aromatic carbocycles. The predicted molar refractivity (Wildman–Crippen MR) is 78.5 cm³/mol. The molecule has 1 aliphatic heterocycles. The summed E-state index contributed by atoms with van der Waals surface area (Å²) < 4.78 is 0. The molecule has 0 aromatic heterocycles. The van der Waals surface area contributed by atoms with Gasteiger partial charge < -0.3 is 4.90 Å². The number of halogens is 1. The zero-order chi connectivity index (χ0) is 10.9. The maximum absolute atomic E-state index is 2.51. The molecule has 0 spiro atoms. The molecule has 1 fully saturated rings. The van der Waals surface area contributed by atoms with Crippen molar-refractivity contribution in [3.05, 3.63) is 0 Å². The van der Waals surface area contributed by atoms with Crippen molar-refractivity contribution in [1.82, 2.24) is 4.90 Å². The van der Waals surface area contributed by atoms with E-state index in [1.54, 1.807) is 0 Å². The average molecular weight is 292 g/mol. The van der Waals surface area contributed by atoms with Gasteiger partial charge in [-0.15, -0.1) is 17.0 Å². The highest BCUT2D eigenvalue weighted by Gasteiger charge is 2.15. The molecule has 1 aliphatic rings. The van der Waals surface area contributed by atoms with Gasteiger partial charge >= 0.3 is 0 Å². The fourth-order valence-electron chi connectivity index (χ4n) is 2.72. The quantitative estimate of drug-likeness (QED) is 0.617. The standard InChI is InChI=1S/C14H29N.BrH/c1-3-4-5-6-7-8-10-14-11-9-12-15(2)13-14;/h14H,3-13H2,1-2H3;1H. The van der Waals surface area contributed by atoms with Crippen LogP contribution in [0.1, 0.15) is 64.7 Å². The smallest absolute Gasteiger partial charge is 0.000661 e. The maximum atomic E-state index is 2.51. The summed E-state index contributed by atoms with van der Waals surface area (Å²) in [5, 5.41) is 0. The monoisotopic (exact) mass is 291 g/mol. The highest BCUT2D eigenvalue weighted by atomic mass is 79.9. The zero-order valence-corrected chi connectivity index (χ0v) is 12.9. The first-order valence-corrected chi connectivity index (χ1v) is 7.01. The van der Waals surface area contributed by atoms with Crippen LogP contribution in [0.25, 0.3) is 0 Å². The van der Waals surface area contributed by atoms with Gasteiger partial charge in [-0.1, -0.05) is 45.4 Å². The molecule has 0 N–H and O–H groups in total. The molecule has 0 amide bonds. The van der Waals surface area contributed by atoms with Gasteiger partial charge in [-0.25, -0.2) is 0 Å². The van der Waals surface area contributed by atoms with Gasteiger partial charge in [0.15, 0.2) is 0 Å². The van der Waals surface area contributed by atoms with Crippen molar-refractivity contribution in [2.75, 3.05) is 20.1 Å². The second kappa shape index (κ2) is 10.6. The Hall–Kier alpha value is 0.440. The molecule has 2 heteroatoms. The van der Waals surface area contributed by atoms with Gasteiger partial charge in [0.05, 0.1) is 0 Å². The molecule has 0 radical (unpaired) electrons. The third-order valence-electron chi connectivity index (χ3n) is 3.69. The van der Waals surface area contributed by atoms with Crippen LogP contribution in [0.5, 0.6) is 0 Å². The van der Waals surface area contributed by atoms with E-state index in [2.05, 4.69) is 18.9 Å². The topological polar surface area (TPSA) is 3.24 Å². The molecule has 1 heterocycles. The molecular weight excluding hydrogens is 262 g/mol. The van der Waals surface area contributed by atoms with Gasteiger partial charge in [0.25, 0.3) is 0 Å². The largest absolute Gasteiger partial charge is 0.306 e. The SMILES string of the molecule is Br.CCCCCCCCC1CCCN(C)C1. The number of rotatable bonds is 7. The van der Waals surface area contributed by atoms with Gasteiger partial charge in [0, 0.05) is 6.54 Å². The Morgan fingerprint density at radius 1 is 1.06 bits per heavy atom. The van der Waals surface area contributed by atoms with E-state index in [1.165, 1.54) is 70.9 Å². The van der Waals surface area contributed by atoms with Gasteiger partial charge in [-0.3, -0.25) is 0 Å². The van der Waals surface area contributed by atoms with Crippen molar-refractivity contribution in [2.24, 2.45) is 5.92 Å². The molecule has 16 heavy (non-hydrogen) atoms. The molecule has 98 valence electrons. The van der Waals surface area contributed by atoms with Crippen LogP contribution in [0.2, 0.25) is 0 Å². The highest BCUT2D eigenvalue weighted by Crippen LogP contribution is 2.21. The molecule has 0 aromatic rings. The normalized spacial score (nSPS) is 21.8. The summed E-state index contributed by atoms with van der Waals surface area (Å²) in [7, 11) is 2.27. The molecule has 1 unspecified atom stereocenters. The lowest BCUT2D eigenvalue weighted by Crippen LogP contribution is -2.31. The summed E-state index contributed by atoms with van der Waals surface area (Å²) in [6.45, 7) is 4.97. The van der Waals surface area contributed by atoms with Gasteiger partial charge in [0.1, 0.15) is 0 Å². The van der Waals surface area contributed by atoms with Crippen molar-refractivity contribution in [3.63, 3.8) is 0 Å². The molecule has 1 saturated heterocycles. The minimum absolute atomic E-state index is 0. The average Bonchev–Trinajstić information content (AvgIpc) is 2.23.